The van der Waals surface area contributed by atoms with Crippen molar-refractivity contribution in [3.63, 3.8) is 0 Å². The topological polar surface area (TPSA) is 29.1 Å². The van der Waals surface area contributed by atoms with Crippen molar-refractivity contribution < 1.29 is 4.79 Å². The Kier molecular flexibility index (Phi) is 5.77. The molecule has 0 saturated heterocycles. The van der Waals surface area contributed by atoms with Crippen molar-refractivity contribution in [2.45, 2.75) is 13.0 Å². The van der Waals surface area contributed by atoms with Gasteiger partial charge in [-0.1, -0.05) is 40.9 Å². The minimum absolute atomic E-state index is 0.194. The van der Waals surface area contributed by atoms with E-state index in [1.165, 1.54) is 0 Å². The predicted octanol–water partition coefficient (Wildman–Crippen LogP) is 5.74. The summed E-state index contributed by atoms with van der Waals surface area (Å²) in [6.45, 7) is 1.87. The number of benzene rings is 2. The number of hydrogen-bond acceptors (Lipinski definition) is 1. The molecular weight excluding hydrogens is 443 g/mol. The van der Waals surface area contributed by atoms with Crippen LogP contribution in [0.2, 0.25) is 15.1 Å². The lowest BCUT2D eigenvalue weighted by atomic mass is 10.1. The van der Waals surface area contributed by atoms with Crippen LogP contribution < -0.4 is 5.32 Å². The monoisotopic (exact) mass is 453 g/mol. The highest BCUT2D eigenvalue weighted by Gasteiger charge is 2.16. The summed E-state index contributed by atoms with van der Waals surface area (Å²) in [4.78, 5) is 12.3. The minimum Gasteiger partial charge on any atom is -0.345 e. The first-order chi connectivity index (χ1) is 9.88. The second-order valence-corrected chi connectivity index (χ2v) is 6.93. The van der Waals surface area contributed by atoms with Gasteiger partial charge in [-0.2, -0.15) is 0 Å². The molecule has 0 spiro atoms. The van der Waals surface area contributed by atoms with Crippen LogP contribution >= 0.6 is 57.4 Å². The molecule has 0 fully saturated rings. The summed E-state index contributed by atoms with van der Waals surface area (Å²) in [6, 6.07) is 10.2. The molecule has 1 unspecified atom stereocenters. The van der Waals surface area contributed by atoms with E-state index >= 15 is 0 Å². The van der Waals surface area contributed by atoms with E-state index in [0.29, 0.717) is 20.6 Å². The Bertz CT molecular complexity index is 691. The van der Waals surface area contributed by atoms with Crippen molar-refractivity contribution in [3.8, 4) is 0 Å². The predicted molar refractivity (Wildman–Crippen MR) is 96.5 cm³/mol. The van der Waals surface area contributed by atoms with Crippen molar-refractivity contribution in [1.82, 2.24) is 5.32 Å². The molecule has 2 aromatic rings. The summed E-state index contributed by atoms with van der Waals surface area (Å²) in [6.07, 6.45) is 0. The molecule has 0 bridgehead atoms. The van der Waals surface area contributed by atoms with Crippen LogP contribution in [0, 0.1) is 3.57 Å². The van der Waals surface area contributed by atoms with Crippen LogP contribution in [-0.2, 0) is 0 Å². The number of amides is 1. The summed E-state index contributed by atoms with van der Waals surface area (Å²) >= 11 is 20.1. The second kappa shape index (κ2) is 7.18. The van der Waals surface area contributed by atoms with Crippen molar-refractivity contribution in [2.75, 3.05) is 0 Å². The van der Waals surface area contributed by atoms with Crippen LogP contribution in [0.1, 0.15) is 28.9 Å². The maximum Gasteiger partial charge on any atom is 0.252 e. The first-order valence-corrected chi connectivity index (χ1v) is 8.30. The van der Waals surface area contributed by atoms with Gasteiger partial charge < -0.3 is 5.32 Å². The third-order valence-corrected chi connectivity index (χ3v) is 4.69. The van der Waals surface area contributed by atoms with E-state index in [1.54, 1.807) is 36.4 Å². The number of carbonyl (C=O) groups excluding carboxylic acids is 1. The average molecular weight is 455 g/mol. The highest BCUT2D eigenvalue weighted by Crippen LogP contribution is 2.26. The van der Waals surface area contributed by atoms with Gasteiger partial charge in [-0.05, 0) is 65.4 Å². The molecule has 1 amide bonds. The molecule has 21 heavy (non-hydrogen) atoms. The Balaban J connectivity index is 2.20. The Hall–Kier alpha value is -0.490. The minimum atomic E-state index is -0.239. The third kappa shape index (κ3) is 4.25. The second-order valence-electron chi connectivity index (χ2n) is 4.49. The molecule has 2 nitrogen and oxygen atoms in total. The fourth-order valence-corrected chi connectivity index (χ4v) is 3.20. The molecule has 2 aromatic carbocycles. The van der Waals surface area contributed by atoms with E-state index in [-0.39, 0.29) is 11.9 Å². The maximum atomic E-state index is 12.3. The molecular formula is C15H11Cl3INO. The molecule has 0 aliphatic rings. The molecule has 1 N–H and O–H groups in total. The van der Waals surface area contributed by atoms with E-state index in [9.17, 15) is 4.79 Å². The first-order valence-electron chi connectivity index (χ1n) is 6.09. The number of carbonyl (C=O) groups is 1. The highest BCUT2D eigenvalue weighted by atomic mass is 127. The first kappa shape index (κ1) is 16.9. The lowest BCUT2D eigenvalue weighted by molar-refractivity contribution is 0.0939. The zero-order chi connectivity index (χ0) is 15.6. The molecule has 0 aromatic heterocycles. The Labute approximate surface area is 151 Å². The van der Waals surface area contributed by atoms with Crippen LogP contribution in [-0.4, -0.2) is 5.91 Å². The highest BCUT2D eigenvalue weighted by molar-refractivity contribution is 14.1. The van der Waals surface area contributed by atoms with Crippen molar-refractivity contribution in [1.29, 1.82) is 0 Å². The van der Waals surface area contributed by atoms with Crippen molar-refractivity contribution >= 4 is 63.3 Å². The molecule has 1 atom stereocenters. The van der Waals surface area contributed by atoms with Gasteiger partial charge in [-0.25, -0.2) is 0 Å². The van der Waals surface area contributed by atoms with Gasteiger partial charge in [0, 0.05) is 18.6 Å². The smallest absolute Gasteiger partial charge is 0.252 e. The van der Waals surface area contributed by atoms with E-state index in [1.807, 2.05) is 6.92 Å². The summed E-state index contributed by atoms with van der Waals surface area (Å²) in [7, 11) is 0. The van der Waals surface area contributed by atoms with Gasteiger partial charge in [-0.15, -0.1) is 0 Å². The molecule has 6 heteroatoms. The molecule has 0 radical (unpaired) electrons. The molecule has 0 heterocycles. The zero-order valence-corrected chi connectivity index (χ0v) is 15.4. The van der Waals surface area contributed by atoms with Crippen LogP contribution in [0.25, 0.3) is 0 Å². The Morgan fingerprint density at radius 1 is 1.10 bits per heavy atom. The van der Waals surface area contributed by atoms with E-state index < -0.39 is 0 Å². The third-order valence-electron chi connectivity index (χ3n) is 2.95. The molecule has 0 aliphatic heterocycles. The summed E-state index contributed by atoms with van der Waals surface area (Å²) in [5, 5.41) is 4.52. The van der Waals surface area contributed by atoms with Crippen LogP contribution in [0.3, 0.4) is 0 Å². The van der Waals surface area contributed by atoms with Crippen molar-refractivity contribution in [2.24, 2.45) is 0 Å². The normalized spacial score (nSPS) is 12.0. The number of halogens is 4. The van der Waals surface area contributed by atoms with Gasteiger partial charge >= 0.3 is 0 Å². The van der Waals surface area contributed by atoms with Crippen molar-refractivity contribution in [3.05, 3.63) is 66.2 Å². The quantitative estimate of drug-likeness (QED) is 0.589. The van der Waals surface area contributed by atoms with Crippen LogP contribution in [0.5, 0.6) is 0 Å². The fraction of sp³-hybridized carbons (Fsp3) is 0.133. The molecule has 0 saturated carbocycles. The number of nitrogens with one attached hydrogen (secondary N) is 1. The zero-order valence-electron chi connectivity index (χ0n) is 11.0. The van der Waals surface area contributed by atoms with Gasteiger partial charge in [0.05, 0.1) is 11.6 Å². The summed E-state index contributed by atoms with van der Waals surface area (Å²) < 4.78 is 0.837. The van der Waals surface area contributed by atoms with Gasteiger partial charge in [0.2, 0.25) is 0 Å². The lowest BCUT2D eigenvalue weighted by Gasteiger charge is -2.16. The van der Waals surface area contributed by atoms with E-state index in [2.05, 4.69) is 27.9 Å². The Morgan fingerprint density at radius 2 is 1.71 bits per heavy atom. The number of hydrogen-bond donors (Lipinski definition) is 1. The summed E-state index contributed by atoms with van der Waals surface area (Å²) in [5.74, 6) is -0.194. The van der Waals surface area contributed by atoms with Gasteiger partial charge in [-0.3, -0.25) is 4.79 Å². The van der Waals surface area contributed by atoms with Gasteiger partial charge in [0.15, 0.2) is 0 Å². The van der Waals surface area contributed by atoms with Crippen LogP contribution in [0.15, 0.2) is 36.4 Å². The standard InChI is InChI=1S/C15H11Cl3INO/c1-8(11-4-2-10(17)7-13(11)18)20-15(21)12-6-9(16)3-5-14(12)19/h2-8H,1H3,(H,20,21). The fourth-order valence-electron chi connectivity index (χ4n) is 1.88. The van der Waals surface area contributed by atoms with Gasteiger partial charge in [0.1, 0.15) is 0 Å². The van der Waals surface area contributed by atoms with Gasteiger partial charge in [0.25, 0.3) is 5.91 Å². The number of rotatable bonds is 3. The van der Waals surface area contributed by atoms with E-state index in [0.717, 1.165) is 9.13 Å². The SMILES string of the molecule is CC(NC(=O)c1cc(Cl)ccc1I)c1ccc(Cl)cc1Cl. The summed E-state index contributed by atoms with van der Waals surface area (Å²) in [5.41, 5.74) is 1.35. The molecule has 0 aliphatic carbocycles. The lowest BCUT2D eigenvalue weighted by Crippen LogP contribution is -2.27. The molecule has 110 valence electrons. The largest absolute Gasteiger partial charge is 0.345 e. The average Bonchev–Trinajstić information content (AvgIpc) is 2.41. The Morgan fingerprint density at radius 3 is 2.38 bits per heavy atom. The maximum absolute atomic E-state index is 12.3. The van der Waals surface area contributed by atoms with E-state index in [4.69, 9.17) is 34.8 Å². The van der Waals surface area contributed by atoms with Crippen LogP contribution in [0.4, 0.5) is 0 Å². The molecule has 2 rings (SSSR count).